The highest BCUT2D eigenvalue weighted by Gasteiger charge is 2.53. The fourth-order valence-corrected chi connectivity index (χ4v) is 9.37. The Morgan fingerprint density at radius 3 is 1.28 bits per heavy atom. The molecule has 22 nitrogen and oxygen atoms in total. The van der Waals surface area contributed by atoms with E-state index in [-0.39, 0.29) is 32.5 Å². The van der Waals surface area contributed by atoms with Crippen molar-refractivity contribution in [2.75, 3.05) is 39.8 Å². The van der Waals surface area contributed by atoms with Gasteiger partial charge in [0, 0.05) is 43.4 Å². The van der Waals surface area contributed by atoms with E-state index in [1.54, 1.807) is 0 Å². The topological polar surface area (TPSA) is 321 Å². The van der Waals surface area contributed by atoms with Crippen LogP contribution in [0.4, 0.5) is 0 Å². The minimum Gasteiger partial charge on any atom is -0.394 e. The van der Waals surface area contributed by atoms with Gasteiger partial charge in [0.15, 0.2) is 25.2 Å². The summed E-state index contributed by atoms with van der Waals surface area (Å²) >= 11 is 0. The number of carbonyl (C=O) groups excluding carboxylic acids is 1. The van der Waals surface area contributed by atoms with Crippen LogP contribution >= 0.6 is 0 Å². The van der Waals surface area contributed by atoms with Crippen LogP contribution in [-0.2, 0) is 42.7 Å². The Hall–Kier alpha value is -2.17. The van der Waals surface area contributed by atoms with Gasteiger partial charge in [-0.05, 0) is 51.4 Å². The highest BCUT2D eigenvalue weighted by atomic mass is 16.7. The molecule has 12 N–H and O–H groups in total. The second-order valence-corrected chi connectivity index (χ2v) is 17.7. The fourth-order valence-electron chi connectivity index (χ4n) is 9.37. The molecule has 22 heteroatoms. The van der Waals surface area contributed by atoms with Gasteiger partial charge < -0.3 is 104 Å². The van der Waals surface area contributed by atoms with E-state index in [4.69, 9.17) is 37.9 Å². The third-order valence-corrected chi connectivity index (χ3v) is 13.3. The second-order valence-electron chi connectivity index (χ2n) is 17.7. The number of hydrogen-bond donors (Lipinski definition) is 12. The van der Waals surface area contributed by atoms with Crippen LogP contribution in [0.5, 0.6) is 0 Å². The molecule has 8 bridgehead atoms. The molecule has 12 heterocycles. The van der Waals surface area contributed by atoms with E-state index in [0.29, 0.717) is 75.6 Å². The number of rotatable bonds is 14. The molecule has 368 valence electrons. The first-order valence-corrected chi connectivity index (χ1v) is 22.5. The maximum atomic E-state index is 12.7. The highest BCUT2D eigenvalue weighted by Crippen LogP contribution is 2.38. The van der Waals surface area contributed by atoms with E-state index in [9.17, 15) is 55.9 Å². The van der Waals surface area contributed by atoms with Crippen LogP contribution in [0.2, 0.25) is 0 Å². The Morgan fingerprint density at radius 1 is 0.531 bits per heavy atom. The molecule has 12 saturated heterocycles. The molecule has 0 aliphatic carbocycles. The summed E-state index contributed by atoms with van der Waals surface area (Å²) in [7, 11) is 0. The summed E-state index contributed by atoms with van der Waals surface area (Å²) in [4.78, 5) is 14.2. The predicted octanol–water partition coefficient (Wildman–Crippen LogP) is -3.31. The molecule has 64 heavy (non-hydrogen) atoms. The number of allylic oxidation sites excluding steroid dienone is 2. The Balaban J connectivity index is 1.00. The minimum absolute atomic E-state index is 0.0730. The standard InChI is InChI=1S/C42H71N3O19/c1-20(10-12-25-23-8-4-6-14-57-39-35(55)31(51)37(27(16-46)61-39)63-41(59-25)33(53)29(23)49)43-18-45(22(3)48)19-44-21(2)11-13-26-24-9-5-7-15-58-40-36(56)32(52)38(28(17-47)62-40)64-42(60-26)34(54)30(24)50/h23-44,46-47,49-56H,1-2,4-19H2,3H3/t23?,24?,25?,26?,27?,28?,29-,30-,31+,32+,33?,34?,35?,36?,37?,38?,39-,40-,41+,42+/m0/s1. The van der Waals surface area contributed by atoms with E-state index in [1.807, 2.05) is 0 Å². The fraction of sp³-hybridized carbons (Fsp3) is 0.881. The zero-order chi connectivity index (χ0) is 46.2. The number of hydrogen-bond acceptors (Lipinski definition) is 21. The van der Waals surface area contributed by atoms with E-state index < -0.39 is 136 Å². The monoisotopic (exact) mass is 921 g/mol. The van der Waals surface area contributed by atoms with Crippen molar-refractivity contribution in [3.63, 3.8) is 0 Å². The Morgan fingerprint density at radius 2 is 0.906 bits per heavy atom. The summed E-state index contributed by atoms with van der Waals surface area (Å²) in [5.74, 6) is -1.24. The van der Waals surface area contributed by atoms with E-state index in [2.05, 4.69) is 23.8 Å². The number of amides is 1. The van der Waals surface area contributed by atoms with Crippen LogP contribution in [0.15, 0.2) is 24.6 Å². The third-order valence-electron chi connectivity index (χ3n) is 13.3. The van der Waals surface area contributed by atoms with Crippen LogP contribution < -0.4 is 10.6 Å². The van der Waals surface area contributed by atoms with Crippen molar-refractivity contribution < 1.29 is 93.8 Å². The second kappa shape index (κ2) is 23.7. The van der Waals surface area contributed by atoms with Gasteiger partial charge >= 0.3 is 0 Å². The van der Waals surface area contributed by atoms with Gasteiger partial charge in [0.25, 0.3) is 0 Å². The maximum absolute atomic E-state index is 12.7. The molecule has 12 unspecified atom stereocenters. The SMILES string of the molecule is C=C(CCC1O[C@@H]2OC3C(CO)O[C@H](OCCCCC1[C@H](O)C2O)C(O)[C@H]3O)NCN(CNC(=C)CCC1O[C@@H]2OC3C(CO)O[C@H](OCCCCC1[C@H](O)C2O)C(O)[C@H]3O)C(C)=O. The third kappa shape index (κ3) is 12.3. The summed E-state index contributed by atoms with van der Waals surface area (Å²) in [6, 6.07) is 0. The maximum Gasteiger partial charge on any atom is 0.222 e. The summed E-state index contributed by atoms with van der Waals surface area (Å²) in [5, 5.41) is 114. The van der Waals surface area contributed by atoms with Crippen molar-refractivity contribution >= 4 is 5.91 Å². The van der Waals surface area contributed by atoms with Gasteiger partial charge in [0.2, 0.25) is 5.91 Å². The zero-order valence-electron chi connectivity index (χ0n) is 36.4. The van der Waals surface area contributed by atoms with Gasteiger partial charge in [-0.3, -0.25) is 4.79 Å². The first-order chi connectivity index (χ1) is 30.6. The van der Waals surface area contributed by atoms with Gasteiger partial charge in [-0.2, -0.15) is 0 Å². The molecule has 0 aromatic carbocycles. The quantitative estimate of drug-likeness (QED) is 0.0759. The number of carbonyl (C=O) groups is 1. The van der Waals surface area contributed by atoms with Crippen LogP contribution in [0.3, 0.4) is 0 Å². The minimum atomic E-state index is -1.55. The van der Waals surface area contributed by atoms with E-state index >= 15 is 0 Å². The van der Waals surface area contributed by atoms with E-state index in [0.717, 1.165) is 0 Å². The summed E-state index contributed by atoms with van der Waals surface area (Å²) in [6.45, 7) is 8.99. The lowest BCUT2D eigenvalue weighted by Crippen LogP contribution is -2.63. The van der Waals surface area contributed by atoms with Crippen molar-refractivity contribution in [2.45, 2.75) is 182 Å². The molecule has 12 rings (SSSR count). The van der Waals surface area contributed by atoms with Gasteiger partial charge in [0.05, 0.1) is 51.0 Å². The van der Waals surface area contributed by atoms with Crippen molar-refractivity contribution in [2.24, 2.45) is 11.8 Å². The van der Waals surface area contributed by atoms with Gasteiger partial charge in [-0.25, -0.2) is 0 Å². The first-order valence-electron chi connectivity index (χ1n) is 22.5. The molecule has 20 atom stereocenters. The molecular weight excluding hydrogens is 850 g/mol. The molecular formula is C42H71N3O19. The summed E-state index contributed by atoms with van der Waals surface area (Å²) in [6.07, 6.45) is -18.4. The number of aliphatic hydroxyl groups is 10. The van der Waals surface area contributed by atoms with Crippen molar-refractivity contribution in [1.29, 1.82) is 0 Å². The Labute approximate surface area is 372 Å². The Bertz CT molecular complexity index is 1400. The van der Waals surface area contributed by atoms with E-state index in [1.165, 1.54) is 11.8 Å². The lowest BCUT2D eigenvalue weighted by Gasteiger charge is -2.47. The average Bonchev–Trinajstić information content (AvgIpc) is 3.27. The lowest BCUT2D eigenvalue weighted by molar-refractivity contribution is -0.356. The van der Waals surface area contributed by atoms with Crippen molar-refractivity contribution in [3.05, 3.63) is 24.6 Å². The van der Waals surface area contributed by atoms with Gasteiger partial charge in [0.1, 0.15) is 61.0 Å². The van der Waals surface area contributed by atoms with Crippen LogP contribution in [-0.4, -0.2) is 212 Å². The van der Waals surface area contributed by atoms with Crippen LogP contribution in [0, 0.1) is 11.8 Å². The van der Waals surface area contributed by atoms with Crippen molar-refractivity contribution in [1.82, 2.24) is 15.5 Å². The largest absolute Gasteiger partial charge is 0.394 e. The predicted molar refractivity (Wildman–Crippen MR) is 218 cm³/mol. The molecule has 12 aliphatic heterocycles. The number of aliphatic hydroxyl groups excluding tert-OH is 10. The van der Waals surface area contributed by atoms with Gasteiger partial charge in [-0.1, -0.05) is 26.0 Å². The molecule has 0 radical (unpaired) electrons. The van der Waals surface area contributed by atoms with Crippen LogP contribution in [0.25, 0.3) is 0 Å². The van der Waals surface area contributed by atoms with Gasteiger partial charge in [-0.15, -0.1) is 0 Å². The van der Waals surface area contributed by atoms with Crippen molar-refractivity contribution in [3.8, 4) is 0 Å². The highest BCUT2D eigenvalue weighted by molar-refractivity contribution is 5.73. The molecule has 0 aromatic heterocycles. The lowest BCUT2D eigenvalue weighted by atomic mass is 9.83. The smallest absolute Gasteiger partial charge is 0.222 e. The number of nitrogens with one attached hydrogen (secondary N) is 2. The summed E-state index contributed by atoms with van der Waals surface area (Å²) in [5.41, 5.74) is 1.11. The number of ether oxygens (including phenoxy) is 8. The van der Waals surface area contributed by atoms with Crippen LogP contribution in [0.1, 0.15) is 71.1 Å². The molecule has 0 saturated carbocycles. The number of nitrogens with zero attached hydrogens (tertiary/aromatic N) is 1. The molecule has 0 spiro atoms. The first kappa shape index (κ1) is 51.2. The molecule has 0 aromatic rings. The molecule has 1 amide bonds. The molecule has 12 aliphatic rings. The molecule has 12 fully saturated rings. The average molecular weight is 922 g/mol. The zero-order valence-corrected chi connectivity index (χ0v) is 36.4. The summed E-state index contributed by atoms with van der Waals surface area (Å²) < 4.78 is 47.0. The normalized spacial score (nSPS) is 43.2. The Kier molecular flexibility index (Phi) is 19.0.